The molecule has 1 atom stereocenters. The van der Waals surface area contributed by atoms with Gasteiger partial charge in [0.25, 0.3) is 0 Å². The number of thiol groups is 1. The molecule has 1 unspecified atom stereocenters. The van der Waals surface area contributed by atoms with E-state index in [-0.39, 0.29) is 5.91 Å². The van der Waals surface area contributed by atoms with E-state index in [0.29, 0.717) is 12.3 Å². The highest BCUT2D eigenvalue weighted by Gasteiger charge is 2.29. The number of carbonyl (C=O) groups excluding carboxylic acids is 1. The third kappa shape index (κ3) is 2.72. The van der Waals surface area contributed by atoms with Gasteiger partial charge in [-0.1, -0.05) is 12.1 Å². The molecule has 1 aliphatic rings. The van der Waals surface area contributed by atoms with Crippen LogP contribution in [0.25, 0.3) is 0 Å². The highest BCUT2D eigenvalue weighted by Crippen LogP contribution is 2.26. The van der Waals surface area contributed by atoms with Gasteiger partial charge in [0.15, 0.2) is 0 Å². The Morgan fingerprint density at radius 3 is 3.00 bits per heavy atom. The molecule has 3 rings (SSSR count). The maximum Gasteiger partial charge on any atom is 0.227 e. The number of benzene rings is 1. The fourth-order valence-electron chi connectivity index (χ4n) is 2.57. The fourth-order valence-corrected chi connectivity index (χ4v) is 2.81. The van der Waals surface area contributed by atoms with Gasteiger partial charge in [-0.15, -0.1) is 0 Å². The Kier molecular flexibility index (Phi) is 3.78. The normalized spacial score (nSPS) is 18.8. The second-order valence-electron chi connectivity index (χ2n) is 5.16. The predicted octanol–water partition coefficient (Wildman–Crippen LogP) is 2.21. The van der Waals surface area contributed by atoms with E-state index in [1.165, 1.54) is 5.56 Å². The van der Waals surface area contributed by atoms with E-state index in [2.05, 4.69) is 29.7 Å². The highest BCUT2D eigenvalue weighted by atomic mass is 32.1. The molecule has 0 bridgehead atoms. The summed E-state index contributed by atoms with van der Waals surface area (Å²) in [7, 11) is 0. The molecule has 0 aliphatic carbocycles. The monoisotopic (exact) mass is 287 g/mol. The van der Waals surface area contributed by atoms with Gasteiger partial charge in [0, 0.05) is 37.6 Å². The summed E-state index contributed by atoms with van der Waals surface area (Å²) < 4.78 is 2.02. The van der Waals surface area contributed by atoms with Crippen molar-refractivity contribution in [3.63, 3.8) is 0 Å². The minimum absolute atomic E-state index is 0.198. The number of aromatic nitrogens is 2. The van der Waals surface area contributed by atoms with Crippen molar-refractivity contribution in [2.75, 3.05) is 17.2 Å². The quantitative estimate of drug-likeness (QED) is 0.876. The minimum atomic E-state index is 0.198. The number of nitrogens with zero attached hydrogens (tertiary/aromatic N) is 3. The lowest BCUT2D eigenvalue weighted by atomic mass is 10.1. The van der Waals surface area contributed by atoms with Crippen molar-refractivity contribution in [1.29, 1.82) is 0 Å². The third-order valence-electron chi connectivity index (χ3n) is 3.61. The van der Waals surface area contributed by atoms with Crippen LogP contribution >= 0.6 is 12.6 Å². The van der Waals surface area contributed by atoms with Crippen molar-refractivity contribution in [3.8, 4) is 0 Å². The number of carbonyl (C=O) groups is 1. The van der Waals surface area contributed by atoms with E-state index in [1.807, 2.05) is 27.8 Å². The van der Waals surface area contributed by atoms with Gasteiger partial charge in [0.2, 0.25) is 5.91 Å². The van der Waals surface area contributed by atoms with E-state index in [1.54, 1.807) is 12.5 Å². The van der Waals surface area contributed by atoms with Crippen LogP contribution in [0.1, 0.15) is 12.0 Å². The topological polar surface area (TPSA) is 38.1 Å². The van der Waals surface area contributed by atoms with Gasteiger partial charge in [0.05, 0.1) is 6.33 Å². The van der Waals surface area contributed by atoms with Gasteiger partial charge in [-0.05, 0) is 29.4 Å². The smallest absolute Gasteiger partial charge is 0.227 e. The molecule has 1 aromatic carbocycles. The molecule has 5 heteroatoms. The summed E-state index contributed by atoms with van der Waals surface area (Å²) in [6, 6.07) is 8.15. The lowest BCUT2D eigenvalue weighted by Gasteiger charge is -2.17. The first-order valence-corrected chi connectivity index (χ1v) is 7.35. The lowest BCUT2D eigenvalue weighted by Crippen LogP contribution is -2.24. The van der Waals surface area contributed by atoms with Crippen LogP contribution in [0.5, 0.6) is 0 Å². The van der Waals surface area contributed by atoms with E-state index in [4.69, 9.17) is 0 Å². The van der Waals surface area contributed by atoms with E-state index >= 15 is 0 Å². The number of rotatable bonds is 4. The van der Waals surface area contributed by atoms with Crippen LogP contribution in [0.2, 0.25) is 0 Å². The third-order valence-corrected chi connectivity index (χ3v) is 4.13. The second kappa shape index (κ2) is 5.71. The molecule has 0 spiro atoms. The molecule has 1 fully saturated rings. The average Bonchev–Trinajstić information content (AvgIpc) is 3.08. The maximum atomic E-state index is 12.0. The Morgan fingerprint density at radius 1 is 1.40 bits per heavy atom. The van der Waals surface area contributed by atoms with Crippen LogP contribution in [-0.2, 0) is 11.3 Å². The van der Waals surface area contributed by atoms with Crippen LogP contribution in [0.4, 0.5) is 5.69 Å². The van der Waals surface area contributed by atoms with Gasteiger partial charge in [-0.3, -0.25) is 4.79 Å². The van der Waals surface area contributed by atoms with Gasteiger partial charge in [-0.2, -0.15) is 12.6 Å². The Morgan fingerprint density at radius 2 is 2.30 bits per heavy atom. The van der Waals surface area contributed by atoms with Crippen LogP contribution in [0, 0.1) is 5.92 Å². The first-order valence-electron chi connectivity index (χ1n) is 6.72. The number of amides is 1. The Balaban J connectivity index is 1.79. The van der Waals surface area contributed by atoms with Crippen LogP contribution in [-0.4, -0.2) is 27.8 Å². The standard InChI is InChI=1S/C15H17N3OS/c19-15-7-13(10-20)9-18(15)14-3-1-2-12(6-14)8-17-5-4-16-11-17/h1-6,11,13,20H,7-10H2. The zero-order valence-electron chi connectivity index (χ0n) is 11.1. The molecule has 0 radical (unpaired) electrons. The molecule has 0 N–H and O–H groups in total. The van der Waals surface area contributed by atoms with Crippen molar-refractivity contribution in [1.82, 2.24) is 9.55 Å². The summed E-state index contributed by atoms with van der Waals surface area (Å²) in [5, 5.41) is 0. The number of hydrogen-bond donors (Lipinski definition) is 1. The zero-order valence-corrected chi connectivity index (χ0v) is 12.0. The molecule has 1 saturated heterocycles. The van der Waals surface area contributed by atoms with Gasteiger partial charge in [0.1, 0.15) is 0 Å². The maximum absolute atomic E-state index is 12.0. The lowest BCUT2D eigenvalue weighted by molar-refractivity contribution is -0.117. The Bertz CT molecular complexity index is 597. The molecule has 1 aromatic heterocycles. The molecular weight excluding hydrogens is 270 g/mol. The molecule has 2 aromatic rings. The number of anilines is 1. The van der Waals surface area contributed by atoms with Gasteiger partial charge < -0.3 is 9.47 Å². The minimum Gasteiger partial charge on any atom is -0.333 e. The molecule has 0 saturated carbocycles. The van der Waals surface area contributed by atoms with Crippen LogP contribution in [0.15, 0.2) is 43.0 Å². The zero-order chi connectivity index (χ0) is 13.9. The first-order chi connectivity index (χ1) is 9.76. The summed E-state index contributed by atoms with van der Waals surface area (Å²) in [4.78, 5) is 18.0. The Labute approximate surface area is 123 Å². The van der Waals surface area contributed by atoms with Crippen molar-refractivity contribution in [3.05, 3.63) is 48.5 Å². The molecule has 1 amide bonds. The number of imidazole rings is 1. The molecule has 20 heavy (non-hydrogen) atoms. The van der Waals surface area contributed by atoms with E-state index < -0.39 is 0 Å². The van der Waals surface area contributed by atoms with Crippen LogP contribution < -0.4 is 4.90 Å². The molecule has 2 heterocycles. The summed E-state index contributed by atoms with van der Waals surface area (Å²) in [6.45, 7) is 1.54. The fraction of sp³-hybridized carbons (Fsp3) is 0.333. The summed E-state index contributed by atoms with van der Waals surface area (Å²) in [5.41, 5.74) is 2.15. The van der Waals surface area contributed by atoms with Crippen molar-refractivity contribution < 1.29 is 4.79 Å². The van der Waals surface area contributed by atoms with E-state index in [9.17, 15) is 4.79 Å². The van der Waals surface area contributed by atoms with Gasteiger partial charge in [-0.25, -0.2) is 4.98 Å². The molecule has 4 nitrogen and oxygen atoms in total. The SMILES string of the molecule is O=C1CC(CS)CN1c1cccc(Cn2ccnc2)c1. The van der Waals surface area contributed by atoms with Crippen LogP contribution in [0.3, 0.4) is 0 Å². The van der Waals surface area contributed by atoms with Gasteiger partial charge >= 0.3 is 0 Å². The molecular formula is C15H17N3OS. The summed E-state index contributed by atoms with van der Waals surface area (Å²) in [5.74, 6) is 1.32. The summed E-state index contributed by atoms with van der Waals surface area (Å²) in [6.07, 6.45) is 6.11. The van der Waals surface area contributed by atoms with E-state index in [0.717, 1.165) is 24.5 Å². The van der Waals surface area contributed by atoms with Crippen molar-refractivity contribution in [2.24, 2.45) is 5.92 Å². The first kappa shape index (κ1) is 13.2. The molecule has 104 valence electrons. The average molecular weight is 287 g/mol. The Hall–Kier alpha value is -1.75. The summed E-state index contributed by atoms with van der Waals surface area (Å²) >= 11 is 4.30. The van der Waals surface area contributed by atoms with Crippen molar-refractivity contribution >= 4 is 24.2 Å². The second-order valence-corrected chi connectivity index (χ2v) is 5.53. The number of hydrogen-bond acceptors (Lipinski definition) is 3. The molecule has 1 aliphatic heterocycles. The largest absolute Gasteiger partial charge is 0.333 e. The highest BCUT2D eigenvalue weighted by molar-refractivity contribution is 7.80. The van der Waals surface area contributed by atoms with Crippen molar-refractivity contribution in [2.45, 2.75) is 13.0 Å². The predicted molar refractivity (Wildman–Crippen MR) is 82.1 cm³/mol.